The van der Waals surface area contributed by atoms with Gasteiger partial charge < -0.3 is 0 Å². The average Bonchev–Trinajstić information content (AvgIpc) is 2.72. The predicted octanol–water partition coefficient (Wildman–Crippen LogP) is 2.46. The van der Waals surface area contributed by atoms with Gasteiger partial charge in [-0.25, -0.2) is 0 Å². The molecule has 0 radical (unpaired) electrons. The van der Waals surface area contributed by atoms with Gasteiger partial charge in [-0.1, -0.05) is 0 Å². The molecule has 0 amide bonds. The van der Waals surface area contributed by atoms with Crippen molar-refractivity contribution in [1.82, 2.24) is 8.53 Å². The van der Waals surface area contributed by atoms with E-state index in [0.717, 1.165) is 0 Å². The molecular weight excluding hydrogens is 289 g/mol. The van der Waals surface area contributed by atoms with Crippen molar-refractivity contribution < 1.29 is 19.7 Å². The number of hydrogen-bond donors (Lipinski definition) is 0. The summed E-state index contributed by atoms with van der Waals surface area (Å²) in [5, 5.41) is 0. The van der Waals surface area contributed by atoms with E-state index in [1.54, 1.807) is 0 Å². The van der Waals surface area contributed by atoms with Crippen LogP contribution in [0.1, 0.15) is 6.92 Å². The molecule has 1 rings (SSSR count). The first-order valence-electron chi connectivity index (χ1n) is 6.37. The molecule has 0 aromatic heterocycles. The first-order chi connectivity index (χ1) is 7.84. The van der Waals surface area contributed by atoms with Crippen LogP contribution < -0.4 is 0 Å². The normalized spacial score (nSPS) is 19.5. The van der Waals surface area contributed by atoms with Gasteiger partial charge in [-0.15, -0.1) is 0 Å². The van der Waals surface area contributed by atoms with Gasteiger partial charge in [0.2, 0.25) is 0 Å². The van der Waals surface area contributed by atoms with Crippen molar-refractivity contribution in [3.63, 3.8) is 0 Å². The Morgan fingerprint density at radius 1 is 0.824 bits per heavy atom. The van der Waals surface area contributed by atoms with Crippen molar-refractivity contribution in [2.75, 3.05) is 42.3 Å². The van der Waals surface area contributed by atoms with E-state index in [0.29, 0.717) is 3.63 Å². The summed E-state index contributed by atoms with van der Waals surface area (Å²) in [4.78, 5) is 0. The van der Waals surface area contributed by atoms with Gasteiger partial charge in [0.25, 0.3) is 0 Å². The molecule has 0 bridgehead atoms. The summed E-state index contributed by atoms with van der Waals surface area (Å²) in [5.41, 5.74) is 0. The molecule has 4 heteroatoms. The molecule has 0 fully saturated rings. The van der Waals surface area contributed by atoms with E-state index >= 15 is 0 Å². The van der Waals surface area contributed by atoms with Crippen LogP contribution >= 0.6 is 0 Å². The second kappa shape index (κ2) is 5.09. The Bertz CT molecular complexity index is 295. The van der Waals surface area contributed by atoms with E-state index in [-0.39, 0.29) is 0 Å². The van der Waals surface area contributed by atoms with E-state index in [2.05, 4.69) is 82.0 Å². The van der Waals surface area contributed by atoms with Crippen molar-refractivity contribution in [1.29, 1.82) is 0 Å². The fourth-order valence-corrected chi connectivity index (χ4v) is 22.7. The van der Waals surface area contributed by atoms with Gasteiger partial charge in [0, 0.05) is 0 Å². The van der Waals surface area contributed by atoms with Gasteiger partial charge in [0.1, 0.15) is 0 Å². The molecule has 0 N–H and O–H groups in total. The summed E-state index contributed by atoms with van der Waals surface area (Å²) in [7, 11) is 13.6. The van der Waals surface area contributed by atoms with Crippen LogP contribution in [0.3, 0.4) is 0 Å². The molecule has 17 heavy (non-hydrogen) atoms. The van der Waals surface area contributed by atoms with E-state index in [1.807, 2.05) is 0 Å². The Hall–Kier alpha value is 0.243. The summed E-state index contributed by atoms with van der Waals surface area (Å²) in [6, 6.07) is 0. The number of hydrogen-bond acceptors (Lipinski definition) is 3. The Morgan fingerprint density at radius 3 is 1.41 bits per heavy atom. The zero-order chi connectivity index (χ0) is 13.3. The molecule has 1 aliphatic rings. The second-order valence-electron chi connectivity index (χ2n) is 5.70. The van der Waals surface area contributed by atoms with Crippen LogP contribution in [0.15, 0.2) is 24.3 Å². The fraction of sp³-hybridized carbons (Fsp3) is 0.692. The number of allylic oxidation sites excluding steroid dienone is 4. The molecule has 0 aliphatic heterocycles. The van der Waals surface area contributed by atoms with Gasteiger partial charge in [-0.2, -0.15) is 0 Å². The van der Waals surface area contributed by atoms with Crippen molar-refractivity contribution in [2.24, 2.45) is 0 Å². The van der Waals surface area contributed by atoms with Crippen LogP contribution in [0.25, 0.3) is 0 Å². The third kappa shape index (κ3) is 1.76. The molecule has 0 spiro atoms. The van der Waals surface area contributed by atoms with E-state index in [9.17, 15) is 0 Å². The van der Waals surface area contributed by atoms with E-state index < -0.39 is 19.7 Å². The Balaban J connectivity index is 3.51. The van der Waals surface area contributed by atoms with E-state index in [4.69, 9.17) is 0 Å². The summed E-state index contributed by atoms with van der Waals surface area (Å²) in [5.74, 6) is 0. The average molecular weight is 318 g/mol. The third-order valence-corrected chi connectivity index (χ3v) is 27.0. The van der Waals surface area contributed by atoms with E-state index in [1.165, 1.54) is 4.13 Å². The Kier molecular flexibility index (Phi) is 4.58. The van der Waals surface area contributed by atoms with Crippen molar-refractivity contribution in [2.45, 2.75) is 14.7 Å². The Morgan fingerprint density at radius 2 is 1.18 bits per heavy atom. The van der Waals surface area contributed by atoms with Crippen molar-refractivity contribution >= 4 is 0 Å². The Labute approximate surface area is 109 Å². The summed E-state index contributed by atoms with van der Waals surface area (Å²) < 4.78 is 9.44. The van der Waals surface area contributed by atoms with Crippen LogP contribution in [0.2, 0.25) is 7.75 Å². The van der Waals surface area contributed by atoms with Crippen LogP contribution in [0.4, 0.5) is 0 Å². The molecule has 0 atom stereocenters. The molecule has 0 saturated carbocycles. The standard InChI is InChI=1S/C5H5.3C2H6N.C2H5.Zr/c1-2-4-5-3-1;3*1-3-2;1-2;/h1-5H;3*1-2H3;1H2,2H3;/q;3*-1;;+3. The number of nitrogens with zero attached hydrogens (tertiary/aromatic N) is 3. The molecule has 0 aromatic rings. The fourth-order valence-electron chi connectivity index (χ4n) is 4.10. The van der Waals surface area contributed by atoms with Crippen molar-refractivity contribution in [3.05, 3.63) is 24.3 Å². The zero-order valence-electron chi connectivity index (χ0n) is 12.4. The maximum absolute atomic E-state index is 3.35. The molecule has 3 nitrogen and oxygen atoms in total. The topological polar surface area (TPSA) is 9.72 Å². The maximum atomic E-state index is 2.55. The minimum absolute atomic E-state index is 0.571. The van der Waals surface area contributed by atoms with Crippen LogP contribution in [0, 0.1) is 0 Å². The van der Waals surface area contributed by atoms with Crippen LogP contribution in [0.5, 0.6) is 0 Å². The summed E-state index contributed by atoms with van der Waals surface area (Å²) in [6.07, 6.45) is 9.16. The van der Waals surface area contributed by atoms with Gasteiger partial charge >= 0.3 is 109 Å². The van der Waals surface area contributed by atoms with Crippen LogP contribution in [-0.2, 0) is 19.7 Å². The van der Waals surface area contributed by atoms with Crippen molar-refractivity contribution in [3.8, 4) is 0 Å². The molecule has 0 heterocycles. The van der Waals surface area contributed by atoms with Crippen LogP contribution in [-0.4, -0.2) is 50.8 Å². The molecule has 0 saturated heterocycles. The molecule has 99 valence electrons. The number of rotatable bonds is 5. The monoisotopic (exact) mass is 316 g/mol. The molecule has 1 aliphatic carbocycles. The van der Waals surface area contributed by atoms with Gasteiger partial charge in [0.05, 0.1) is 0 Å². The molecule has 0 aromatic carbocycles. The van der Waals surface area contributed by atoms with Gasteiger partial charge in [0.15, 0.2) is 0 Å². The van der Waals surface area contributed by atoms with Gasteiger partial charge in [-0.05, 0) is 0 Å². The third-order valence-electron chi connectivity index (χ3n) is 5.03. The zero-order valence-corrected chi connectivity index (χ0v) is 14.9. The van der Waals surface area contributed by atoms with Gasteiger partial charge in [-0.3, -0.25) is 0 Å². The summed E-state index contributed by atoms with van der Waals surface area (Å²) >= 11 is -3.35. The minimum atomic E-state index is -3.35. The quantitative estimate of drug-likeness (QED) is 0.771. The predicted molar refractivity (Wildman–Crippen MR) is 73.6 cm³/mol. The molecular formula is C13H28N3Zr. The second-order valence-corrected chi connectivity index (χ2v) is 22.4. The SMILES string of the molecule is C[CH2][Zr]([CH]1C=CC=C1)([N](C)C)([N](C)C)[N](C)C. The summed E-state index contributed by atoms with van der Waals surface area (Å²) in [6.45, 7) is 2.35. The first-order valence-corrected chi connectivity index (χ1v) is 12.8. The molecule has 0 unspecified atom stereocenters. The first kappa shape index (κ1) is 15.3.